The highest BCUT2D eigenvalue weighted by Gasteiger charge is 2.47. The van der Waals surface area contributed by atoms with Gasteiger partial charge in [0.2, 0.25) is 5.52 Å². The molecular weight excluding hydrogens is 376 g/mol. The van der Waals surface area contributed by atoms with E-state index in [0.717, 1.165) is 64.2 Å². The minimum absolute atomic E-state index is 0.308. The van der Waals surface area contributed by atoms with Gasteiger partial charge in [-0.2, -0.15) is 0 Å². The Morgan fingerprint density at radius 2 is 0.923 bits per heavy atom. The van der Waals surface area contributed by atoms with Gasteiger partial charge >= 0.3 is 15.2 Å². The van der Waals surface area contributed by atoms with Crippen LogP contribution in [0.3, 0.4) is 0 Å². The van der Waals surface area contributed by atoms with Crippen LogP contribution in [-0.2, 0) is 9.13 Å². The van der Waals surface area contributed by atoms with Crippen molar-refractivity contribution in [2.75, 3.05) is 13.1 Å². The molecule has 0 rings (SSSR count). The molecule has 4 N–H and O–H groups in total. The molecule has 0 aromatic heterocycles. The smallest absolute Gasteiger partial charge is 0.323 e. The fourth-order valence-electron chi connectivity index (χ4n) is 3.15. The Morgan fingerprint density at radius 3 is 1.23 bits per heavy atom. The molecule has 0 fully saturated rings. The molecule has 0 aliphatic carbocycles. The first kappa shape index (κ1) is 26.3. The maximum Gasteiger partial charge on any atom is 0.354 e. The second-order valence-electron chi connectivity index (χ2n) is 7.10. The molecule has 0 saturated carbocycles. The molecule has 0 saturated heterocycles. The van der Waals surface area contributed by atoms with E-state index in [-0.39, 0.29) is 0 Å². The summed E-state index contributed by atoms with van der Waals surface area (Å²) in [6.45, 7) is 4.88. The van der Waals surface area contributed by atoms with Gasteiger partial charge in [-0.3, -0.25) is 14.0 Å². The summed E-state index contributed by atoms with van der Waals surface area (Å²) in [7, 11) is -9.85. The van der Waals surface area contributed by atoms with E-state index >= 15 is 0 Å². The lowest BCUT2D eigenvalue weighted by Gasteiger charge is -2.32. The summed E-state index contributed by atoms with van der Waals surface area (Å²) < 4.78 is 23.5. The van der Waals surface area contributed by atoms with E-state index in [1.165, 1.54) is 4.90 Å². The van der Waals surface area contributed by atoms with Crippen molar-refractivity contribution in [3.05, 3.63) is 0 Å². The summed E-state index contributed by atoms with van der Waals surface area (Å²) in [6, 6.07) is 0. The fraction of sp³-hybridized carbons (Fsp3) is 1.00. The molecule has 7 nitrogen and oxygen atoms in total. The van der Waals surface area contributed by atoms with E-state index in [1.807, 2.05) is 0 Å². The summed E-state index contributed by atoms with van der Waals surface area (Å²) in [5, 5.41) is 0. The van der Waals surface area contributed by atoms with Crippen LogP contribution in [0.5, 0.6) is 0 Å². The van der Waals surface area contributed by atoms with Crippen molar-refractivity contribution in [2.45, 2.75) is 96.4 Å². The third-order valence-electron chi connectivity index (χ3n) is 4.53. The predicted octanol–water partition coefficient (Wildman–Crippen LogP) is 4.65. The van der Waals surface area contributed by atoms with E-state index < -0.39 is 20.7 Å². The van der Waals surface area contributed by atoms with Crippen LogP contribution in [0.4, 0.5) is 0 Å². The molecule has 0 amide bonds. The van der Waals surface area contributed by atoms with Crippen LogP contribution < -0.4 is 0 Å². The Kier molecular flexibility index (Phi) is 14.4. The van der Waals surface area contributed by atoms with Gasteiger partial charge in [-0.1, -0.05) is 78.1 Å². The molecule has 0 aromatic carbocycles. The normalized spacial score (nSPS) is 13.1. The third-order valence-corrected chi connectivity index (χ3v) is 8.19. The quantitative estimate of drug-likeness (QED) is 0.202. The van der Waals surface area contributed by atoms with Crippen molar-refractivity contribution in [3.63, 3.8) is 0 Å². The van der Waals surface area contributed by atoms with Gasteiger partial charge in [-0.25, -0.2) is 0 Å². The highest BCUT2D eigenvalue weighted by Crippen LogP contribution is 2.61. The molecule has 26 heavy (non-hydrogen) atoms. The Morgan fingerprint density at radius 1 is 0.615 bits per heavy atom. The minimum atomic E-state index is -4.92. The van der Waals surface area contributed by atoms with Crippen LogP contribution in [0.15, 0.2) is 0 Å². The lowest BCUT2D eigenvalue weighted by atomic mass is 10.1. The Balaban J connectivity index is 4.69. The number of unbranched alkanes of at least 4 members (excludes halogenated alkanes) is 10. The minimum Gasteiger partial charge on any atom is -0.323 e. The molecule has 0 unspecified atom stereocenters. The molecule has 0 spiro atoms. The lowest BCUT2D eigenvalue weighted by Crippen LogP contribution is -2.36. The maximum atomic E-state index is 11.7. The zero-order chi connectivity index (χ0) is 20.1. The standard InChI is InChI=1S/C17H39NO6P2/c1-3-5-7-9-11-13-15-18(16-14-12-10-8-6-4-2)17(25(19,20)21)26(22,23)24/h17H,3-16H2,1-2H3,(H2,19,20,21)(H2,22,23,24). The van der Waals surface area contributed by atoms with Crippen LogP contribution in [0.25, 0.3) is 0 Å². The van der Waals surface area contributed by atoms with Gasteiger partial charge in [0.05, 0.1) is 0 Å². The van der Waals surface area contributed by atoms with Gasteiger partial charge in [0, 0.05) is 0 Å². The second-order valence-corrected chi connectivity index (χ2v) is 10.8. The zero-order valence-electron chi connectivity index (χ0n) is 16.4. The van der Waals surface area contributed by atoms with Gasteiger partial charge in [0.1, 0.15) is 0 Å². The van der Waals surface area contributed by atoms with E-state index in [1.54, 1.807) is 0 Å². The van der Waals surface area contributed by atoms with Crippen LogP contribution in [0.2, 0.25) is 0 Å². The topological polar surface area (TPSA) is 118 Å². The number of hydrogen-bond donors (Lipinski definition) is 4. The zero-order valence-corrected chi connectivity index (χ0v) is 18.2. The van der Waals surface area contributed by atoms with Crippen molar-refractivity contribution in [3.8, 4) is 0 Å². The highest BCUT2D eigenvalue weighted by molar-refractivity contribution is 7.70. The van der Waals surface area contributed by atoms with E-state index in [0.29, 0.717) is 25.9 Å². The van der Waals surface area contributed by atoms with E-state index in [4.69, 9.17) is 0 Å². The largest absolute Gasteiger partial charge is 0.354 e. The van der Waals surface area contributed by atoms with E-state index in [2.05, 4.69) is 13.8 Å². The van der Waals surface area contributed by atoms with Crippen LogP contribution in [0.1, 0.15) is 90.9 Å². The first-order valence-corrected chi connectivity index (χ1v) is 13.3. The summed E-state index contributed by atoms with van der Waals surface area (Å²) in [6.07, 6.45) is 12.1. The lowest BCUT2D eigenvalue weighted by molar-refractivity contribution is 0.217. The molecule has 0 heterocycles. The SMILES string of the molecule is CCCCCCCCN(CCCCCCCC)C(P(=O)(O)O)P(=O)(O)O. The molecule has 0 aliphatic rings. The molecular formula is C17H39NO6P2. The summed E-state index contributed by atoms with van der Waals surface area (Å²) in [5.41, 5.74) is -2.01. The molecule has 0 aliphatic heterocycles. The first-order valence-electron chi connectivity index (χ1n) is 9.99. The van der Waals surface area contributed by atoms with Crippen molar-refractivity contribution < 1.29 is 28.7 Å². The fourth-order valence-corrected chi connectivity index (χ4v) is 6.03. The first-order chi connectivity index (χ1) is 12.1. The third kappa shape index (κ3) is 12.6. The average molecular weight is 415 g/mol. The van der Waals surface area contributed by atoms with Crippen molar-refractivity contribution in [2.24, 2.45) is 0 Å². The summed E-state index contributed by atoms with van der Waals surface area (Å²) in [5.74, 6) is 0. The molecule has 0 aromatic rings. The predicted molar refractivity (Wildman–Crippen MR) is 106 cm³/mol. The summed E-state index contributed by atoms with van der Waals surface area (Å²) in [4.78, 5) is 39.4. The van der Waals surface area contributed by atoms with Crippen molar-refractivity contribution in [1.82, 2.24) is 4.90 Å². The molecule has 9 heteroatoms. The van der Waals surface area contributed by atoms with Crippen LogP contribution >= 0.6 is 15.2 Å². The van der Waals surface area contributed by atoms with Gasteiger partial charge in [0.15, 0.2) is 0 Å². The van der Waals surface area contributed by atoms with Gasteiger partial charge in [-0.15, -0.1) is 0 Å². The number of rotatable bonds is 17. The van der Waals surface area contributed by atoms with E-state index in [9.17, 15) is 28.7 Å². The number of nitrogens with zero attached hydrogens (tertiary/aromatic N) is 1. The van der Waals surface area contributed by atoms with Gasteiger partial charge < -0.3 is 19.6 Å². The Hall–Kier alpha value is 0.260. The van der Waals surface area contributed by atoms with Crippen LogP contribution in [0, 0.1) is 0 Å². The Labute approximate surface area is 158 Å². The number of hydrogen-bond acceptors (Lipinski definition) is 3. The van der Waals surface area contributed by atoms with Crippen molar-refractivity contribution in [1.29, 1.82) is 0 Å². The second kappa shape index (κ2) is 14.3. The molecule has 0 atom stereocenters. The highest BCUT2D eigenvalue weighted by atomic mass is 31.2. The molecule has 0 radical (unpaired) electrons. The van der Waals surface area contributed by atoms with Crippen molar-refractivity contribution >= 4 is 15.2 Å². The Bertz CT molecular complexity index is 399. The summed E-state index contributed by atoms with van der Waals surface area (Å²) >= 11 is 0. The molecule has 0 bridgehead atoms. The van der Waals surface area contributed by atoms with Gasteiger partial charge in [-0.05, 0) is 25.9 Å². The average Bonchev–Trinajstić information content (AvgIpc) is 2.50. The van der Waals surface area contributed by atoms with Crippen LogP contribution in [-0.4, -0.2) is 43.1 Å². The molecule has 158 valence electrons. The maximum absolute atomic E-state index is 11.7. The van der Waals surface area contributed by atoms with Gasteiger partial charge in [0.25, 0.3) is 0 Å². The monoisotopic (exact) mass is 415 g/mol.